The predicted molar refractivity (Wildman–Crippen MR) is 115 cm³/mol. The fraction of sp³-hybridized carbons (Fsp3) is 0.480. The molecule has 148 valence electrons. The number of nitrogens with zero attached hydrogens (tertiary/aromatic N) is 1. The van der Waals surface area contributed by atoms with Gasteiger partial charge in [0.05, 0.1) is 0 Å². The number of likely N-dealkylation sites (tertiary alicyclic amines) is 1. The maximum absolute atomic E-state index is 12.7. The lowest BCUT2D eigenvalue weighted by Gasteiger charge is -2.33. The number of fused-ring (bicyclic) bond motifs is 1. The first-order chi connectivity index (χ1) is 13.7. The largest absolute Gasteiger partial charge is 0.339 e. The van der Waals surface area contributed by atoms with E-state index in [9.17, 15) is 4.79 Å². The minimum absolute atomic E-state index is 0.191. The summed E-state index contributed by atoms with van der Waals surface area (Å²) < 4.78 is 0. The molecule has 2 aromatic carbocycles. The molecule has 0 saturated carbocycles. The normalized spacial score (nSPS) is 20.0. The predicted octanol–water partition coefficient (Wildman–Crippen LogP) is 4.24. The Balaban J connectivity index is 1.19. The number of carbonyl (C=O) groups is 1. The first kappa shape index (κ1) is 19.2. The summed E-state index contributed by atoms with van der Waals surface area (Å²) in [5.74, 6) is 1.64. The summed E-state index contributed by atoms with van der Waals surface area (Å²) in [7, 11) is 0. The minimum atomic E-state index is 0.191. The number of benzene rings is 2. The van der Waals surface area contributed by atoms with Gasteiger partial charge in [0.2, 0.25) is 0 Å². The molecule has 1 unspecified atom stereocenters. The van der Waals surface area contributed by atoms with Crippen LogP contribution in [0.5, 0.6) is 0 Å². The Morgan fingerprint density at radius 3 is 2.50 bits per heavy atom. The average molecular weight is 377 g/mol. The summed E-state index contributed by atoms with van der Waals surface area (Å²) >= 11 is 0. The number of aryl methyl sites for hydroxylation is 2. The summed E-state index contributed by atoms with van der Waals surface area (Å²) in [5.41, 5.74) is 5.07. The lowest BCUT2D eigenvalue weighted by Crippen LogP contribution is -2.41. The van der Waals surface area contributed by atoms with Crippen LogP contribution in [-0.4, -0.2) is 37.0 Å². The van der Waals surface area contributed by atoms with Crippen LogP contribution in [0.4, 0.5) is 0 Å². The van der Waals surface area contributed by atoms with Crippen molar-refractivity contribution in [3.63, 3.8) is 0 Å². The molecule has 28 heavy (non-hydrogen) atoms. The third-order valence-electron chi connectivity index (χ3n) is 6.48. The van der Waals surface area contributed by atoms with E-state index in [2.05, 4.69) is 29.6 Å². The number of rotatable bonds is 5. The highest BCUT2D eigenvalue weighted by atomic mass is 16.2. The third-order valence-corrected chi connectivity index (χ3v) is 6.48. The minimum Gasteiger partial charge on any atom is -0.339 e. The second kappa shape index (κ2) is 8.91. The molecule has 2 aliphatic rings. The number of amides is 1. The summed E-state index contributed by atoms with van der Waals surface area (Å²) in [6.45, 7) is 6.02. The number of carbonyl (C=O) groups excluding carboxylic acids is 1. The zero-order valence-corrected chi connectivity index (χ0v) is 17.0. The summed E-state index contributed by atoms with van der Waals surface area (Å²) in [4.78, 5) is 14.7. The van der Waals surface area contributed by atoms with E-state index in [1.165, 1.54) is 19.3 Å². The van der Waals surface area contributed by atoms with Crippen molar-refractivity contribution < 1.29 is 4.79 Å². The Morgan fingerprint density at radius 2 is 1.71 bits per heavy atom. The monoisotopic (exact) mass is 376 g/mol. The quantitative estimate of drug-likeness (QED) is 0.846. The highest BCUT2D eigenvalue weighted by Gasteiger charge is 2.24. The Hall–Kier alpha value is -2.13. The van der Waals surface area contributed by atoms with Gasteiger partial charge in [-0.2, -0.15) is 0 Å². The fourth-order valence-corrected chi connectivity index (χ4v) is 4.74. The van der Waals surface area contributed by atoms with Gasteiger partial charge in [-0.25, -0.2) is 0 Å². The van der Waals surface area contributed by atoms with Crippen LogP contribution in [0.2, 0.25) is 0 Å². The molecule has 1 atom stereocenters. The number of hydrogen-bond donors (Lipinski definition) is 1. The van der Waals surface area contributed by atoms with Gasteiger partial charge >= 0.3 is 0 Å². The van der Waals surface area contributed by atoms with Crippen molar-refractivity contribution in [3.05, 3.63) is 70.8 Å². The lowest BCUT2D eigenvalue weighted by atomic mass is 9.84. The smallest absolute Gasteiger partial charge is 0.253 e. The van der Waals surface area contributed by atoms with E-state index >= 15 is 0 Å². The van der Waals surface area contributed by atoms with Gasteiger partial charge in [0.1, 0.15) is 0 Å². The van der Waals surface area contributed by atoms with Gasteiger partial charge in [0, 0.05) is 18.7 Å². The summed E-state index contributed by atoms with van der Waals surface area (Å²) in [6, 6.07) is 16.9. The zero-order chi connectivity index (χ0) is 19.3. The molecule has 0 aromatic heterocycles. The van der Waals surface area contributed by atoms with Crippen LogP contribution in [0.15, 0.2) is 48.5 Å². The van der Waals surface area contributed by atoms with Crippen molar-refractivity contribution in [1.29, 1.82) is 0 Å². The van der Waals surface area contributed by atoms with Gasteiger partial charge in [0.25, 0.3) is 5.91 Å². The Bertz CT molecular complexity index is 808. The number of piperidine rings is 1. The Kier molecular flexibility index (Phi) is 6.11. The van der Waals surface area contributed by atoms with Gasteiger partial charge in [-0.05, 0) is 87.2 Å². The maximum Gasteiger partial charge on any atom is 0.253 e. The molecule has 1 fully saturated rings. The first-order valence-electron chi connectivity index (χ1n) is 10.8. The molecule has 1 heterocycles. The fourth-order valence-electron chi connectivity index (χ4n) is 4.74. The van der Waals surface area contributed by atoms with Crippen molar-refractivity contribution in [2.24, 2.45) is 11.8 Å². The summed E-state index contributed by atoms with van der Waals surface area (Å²) in [6.07, 6.45) is 5.96. The zero-order valence-electron chi connectivity index (χ0n) is 17.0. The summed E-state index contributed by atoms with van der Waals surface area (Å²) in [5, 5.41) is 3.74. The van der Waals surface area contributed by atoms with Crippen molar-refractivity contribution >= 4 is 5.91 Å². The highest BCUT2D eigenvalue weighted by molar-refractivity contribution is 5.94. The van der Waals surface area contributed by atoms with Crippen molar-refractivity contribution in [2.45, 2.75) is 39.0 Å². The van der Waals surface area contributed by atoms with Crippen molar-refractivity contribution in [2.75, 3.05) is 26.2 Å². The molecule has 2 aromatic rings. The van der Waals surface area contributed by atoms with Crippen LogP contribution in [0.1, 0.15) is 46.3 Å². The standard InChI is InChI=1S/C25H32N2O/c1-19-5-4-8-24(15-19)25(28)27-13-11-20(12-14-27)17-26-18-21-9-10-22-6-2-3-7-23(22)16-21/h2-8,15,20-21,26H,9-14,16-18H2,1H3. The highest BCUT2D eigenvalue weighted by Crippen LogP contribution is 2.25. The molecule has 1 saturated heterocycles. The first-order valence-corrected chi connectivity index (χ1v) is 10.8. The second-order valence-corrected chi connectivity index (χ2v) is 8.64. The van der Waals surface area contributed by atoms with Crippen molar-refractivity contribution in [3.8, 4) is 0 Å². The van der Waals surface area contributed by atoms with E-state index in [1.807, 2.05) is 36.1 Å². The average Bonchev–Trinajstić information content (AvgIpc) is 2.74. The molecule has 1 aliphatic heterocycles. The van der Waals surface area contributed by atoms with Gasteiger partial charge in [-0.3, -0.25) is 4.79 Å². The second-order valence-electron chi connectivity index (χ2n) is 8.64. The van der Waals surface area contributed by atoms with E-state index < -0.39 is 0 Å². The van der Waals surface area contributed by atoms with Gasteiger partial charge < -0.3 is 10.2 Å². The van der Waals surface area contributed by atoms with Gasteiger partial charge in [-0.1, -0.05) is 42.0 Å². The topological polar surface area (TPSA) is 32.3 Å². The van der Waals surface area contributed by atoms with Crippen LogP contribution < -0.4 is 5.32 Å². The van der Waals surface area contributed by atoms with E-state index in [1.54, 1.807) is 11.1 Å². The Morgan fingerprint density at radius 1 is 0.964 bits per heavy atom. The molecule has 0 radical (unpaired) electrons. The van der Waals surface area contributed by atoms with Gasteiger partial charge in [-0.15, -0.1) is 0 Å². The molecule has 1 aliphatic carbocycles. The molecule has 1 N–H and O–H groups in total. The molecule has 0 spiro atoms. The van der Waals surface area contributed by atoms with E-state index in [-0.39, 0.29) is 5.91 Å². The van der Waals surface area contributed by atoms with E-state index in [0.717, 1.165) is 56.1 Å². The van der Waals surface area contributed by atoms with Crippen molar-refractivity contribution in [1.82, 2.24) is 10.2 Å². The number of nitrogens with one attached hydrogen (secondary N) is 1. The molecule has 3 heteroatoms. The Labute approximate surface area is 169 Å². The molecule has 3 nitrogen and oxygen atoms in total. The molecular weight excluding hydrogens is 344 g/mol. The van der Waals surface area contributed by atoms with Crippen LogP contribution >= 0.6 is 0 Å². The van der Waals surface area contributed by atoms with Gasteiger partial charge in [0.15, 0.2) is 0 Å². The SMILES string of the molecule is Cc1cccc(C(=O)N2CCC(CNCC3CCc4ccccc4C3)CC2)c1. The third kappa shape index (κ3) is 4.64. The molecule has 0 bridgehead atoms. The lowest BCUT2D eigenvalue weighted by molar-refractivity contribution is 0.0689. The van der Waals surface area contributed by atoms with Crippen LogP contribution in [0.25, 0.3) is 0 Å². The van der Waals surface area contributed by atoms with Crippen LogP contribution in [-0.2, 0) is 12.8 Å². The van der Waals surface area contributed by atoms with E-state index in [0.29, 0.717) is 5.92 Å². The molecule has 1 amide bonds. The number of hydrogen-bond acceptors (Lipinski definition) is 2. The molecule has 4 rings (SSSR count). The van der Waals surface area contributed by atoms with Crippen LogP contribution in [0.3, 0.4) is 0 Å². The van der Waals surface area contributed by atoms with E-state index in [4.69, 9.17) is 0 Å². The molecular formula is C25H32N2O. The maximum atomic E-state index is 12.7. The van der Waals surface area contributed by atoms with Crippen LogP contribution in [0, 0.1) is 18.8 Å².